The molecule has 0 radical (unpaired) electrons. The van der Waals surface area contributed by atoms with Gasteiger partial charge in [0.1, 0.15) is 5.75 Å². The van der Waals surface area contributed by atoms with Crippen LogP contribution in [0.2, 0.25) is 0 Å². The van der Waals surface area contributed by atoms with Crippen molar-refractivity contribution < 1.29 is 9.90 Å². The maximum atomic E-state index is 12.3. The summed E-state index contributed by atoms with van der Waals surface area (Å²) in [5.74, 6) is 1.03. The number of hydrogen-bond acceptors (Lipinski definition) is 2. The van der Waals surface area contributed by atoms with Crippen LogP contribution in [-0.4, -0.2) is 17.1 Å². The van der Waals surface area contributed by atoms with E-state index in [9.17, 15) is 9.90 Å². The number of benzene rings is 1. The molecular formula is C16H23NO2. The van der Waals surface area contributed by atoms with Crippen LogP contribution in [0.3, 0.4) is 0 Å². The van der Waals surface area contributed by atoms with E-state index < -0.39 is 0 Å². The second-order valence-electron chi connectivity index (χ2n) is 5.87. The predicted molar refractivity (Wildman–Crippen MR) is 76.3 cm³/mol. The van der Waals surface area contributed by atoms with Gasteiger partial charge in [-0.3, -0.25) is 4.79 Å². The summed E-state index contributed by atoms with van der Waals surface area (Å²) in [4.78, 5) is 12.3. The van der Waals surface area contributed by atoms with Gasteiger partial charge >= 0.3 is 0 Å². The van der Waals surface area contributed by atoms with Gasteiger partial charge in [0, 0.05) is 6.04 Å². The summed E-state index contributed by atoms with van der Waals surface area (Å²) in [6.07, 6.45) is 3.43. The van der Waals surface area contributed by atoms with Crippen LogP contribution in [0, 0.1) is 18.8 Å². The number of carbonyl (C=O) groups excluding carboxylic acids is 1. The minimum absolute atomic E-state index is 0.0552. The molecule has 1 aliphatic carbocycles. The Morgan fingerprint density at radius 3 is 2.79 bits per heavy atom. The van der Waals surface area contributed by atoms with Gasteiger partial charge in [0.15, 0.2) is 0 Å². The number of carbonyl (C=O) groups is 1. The molecule has 0 bridgehead atoms. The molecule has 1 aliphatic rings. The maximum absolute atomic E-state index is 12.3. The summed E-state index contributed by atoms with van der Waals surface area (Å²) < 4.78 is 0. The summed E-state index contributed by atoms with van der Waals surface area (Å²) in [7, 11) is 0. The number of phenols is 1. The lowest BCUT2D eigenvalue weighted by molar-refractivity contribution is 0.0888. The molecule has 0 saturated heterocycles. The van der Waals surface area contributed by atoms with E-state index in [1.807, 2.05) is 6.92 Å². The molecule has 2 rings (SSSR count). The van der Waals surface area contributed by atoms with Crippen LogP contribution in [-0.2, 0) is 0 Å². The molecule has 0 aliphatic heterocycles. The van der Waals surface area contributed by atoms with Crippen LogP contribution in [0.15, 0.2) is 18.2 Å². The van der Waals surface area contributed by atoms with Crippen molar-refractivity contribution in [3.05, 3.63) is 29.3 Å². The smallest absolute Gasteiger partial charge is 0.255 e. The number of amides is 1. The molecule has 2 N–H and O–H groups in total. The highest BCUT2D eigenvalue weighted by Crippen LogP contribution is 2.30. The van der Waals surface area contributed by atoms with Crippen molar-refractivity contribution >= 4 is 5.91 Å². The summed E-state index contributed by atoms with van der Waals surface area (Å²) in [5.41, 5.74) is 1.36. The fourth-order valence-corrected chi connectivity index (χ4v) is 2.86. The van der Waals surface area contributed by atoms with Crippen LogP contribution < -0.4 is 5.32 Å². The normalized spacial score (nSPS) is 27.0. The highest BCUT2D eigenvalue weighted by molar-refractivity contribution is 5.97. The van der Waals surface area contributed by atoms with Gasteiger partial charge in [-0.1, -0.05) is 38.3 Å². The first-order valence-electron chi connectivity index (χ1n) is 7.09. The lowest BCUT2D eigenvalue weighted by Crippen LogP contribution is -2.43. The molecule has 1 fully saturated rings. The van der Waals surface area contributed by atoms with Gasteiger partial charge in [-0.25, -0.2) is 0 Å². The monoisotopic (exact) mass is 261 g/mol. The molecule has 1 saturated carbocycles. The summed E-state index contributed by atoms with van der Waals surface area (Å²) in [6, 6.07) is 5.34. The molecule has 3 nitrogen and oxygen atoms in total. The van der Waals surface area contributed by atoms with E-state index in [-0.39, 0.29) is 17.7 Å². The Hall–Kier alpha value is -1.51. The van der Waals surface area contributed by atoms with E-state index in [2.05, 4.69) is 19.2 Å². The van der Waals surface area contributed by atoms with Crippen LogP contribution in [0.5, 0.6) is 5.75 Å². The second kappa shape index (κ2) is 5.64. The van der Waals surface area contributed by atoms with Gasteiger partial charge in [0.2, 0.25) is 0 Å². The average molecular weight is 261 g/mol. The number of hydrogen-bond donors (Lipinski definition) is 2. The first-order chi connectivity index (χ1) is 8.99. The highest BCUT2D eigenvalue weighted by atomic mass is 16.3. The largest absolute Gasteiger partial charge is 0.507 e. The van der Waals surface area contributed by atoms with Crippen molar-refractivity contribution in [3.8, 4) is 5.75 Å². The third-order valence-corrected chi connectivity index (χ3v) is 4.42. The van der Waals surface area contributed by atoms with Gasteiger partial charge in [-0.15, -0.1) is 0 Å². The van der Waals surface area contributed by atoms with E-state index in [1.54, 1.807) is 18.2 Å². The van der Waals surface area contributed by atoms with Crippen molar-refractivity contribution in [2.24, 2.45) is 11.8 Å². The molecule has 19 heavy (non-hydrogen) atoms. The van der Waals surface area contributed by atoms with Gasteiger partial charge < -0.3 is 10.4 Å². The topological polar surface area (TPSA) is 49.3 Å². The molecule has 0 spiro atoms. The molecule has 1 aromatic carbocycles. The van der Waals surface area contributed by atoms with Gasteiger partial charge in [-0.2, -0.15) is 0 Å². The van der Waals surface area contributed by atoms with Crippen molar-refractivity contribution in [2.45, 2.75) is 46.1 Å². The van der Waals surface area contributed by atoms with Crippen LogP contribution in [0.25, 0.3) is 0 Å². The molecule has 0 heterocycles. The zero-order valence-corrected chi connectivity index (χ0v) is 11.9. The zero-order valence-electron chi connectivity index (χ0n) is 11.9. The van der Waals surface area contributed by atoms with Crippen LogP contribution in [0.4, 0.5) is 0 Å². The first-order valence-corrected chi connectivity index (χ1v) is 7.09. The molecule has 104 valence electrons. The lowest BCUT2D eigenvalue weighted by Gasteiger charge is -2.34. The van der Waals surface area contributed by atoms with E-state index in [4.69, 9.17) is 0 Å². The van der Waals surface area contributed by atoms with Gasteiger partial charge in [-0.05, 0) is 37.3 Å². The molecule has 3 unspecified atom stereocenters. The number of aromatic hydroxyl groups is 1. The van der Waals surface area contributed by atoms with E-state index in [1.165, 1.54) is 6.42 Å². The Kier molecular flexibility index (Phi) is 4.13. The van der Waals surface area contributed by atoms with Gasteiger partial charge in [0.25, 0.3) is 5.91 Å². The summed E-state index contributed by atoms with van der Waals surface area (Å²) in [6.45, 7) is 6.36. The SMILES string of the molecule is Cc1ccc(O)c(C(=O)NC2CCCC(C)C2C)c1. The zero-order chi connectivity index (χ0) is 14.0. The van der Waals surface area contributed by atoms with Crippen molar-refractivity contribution in [1.29, 1.82) is 0 Å². The summed E-state index contributed by atoms with van der Waals surface area (Å²) in [5, 5.41) is 12.9. The standard InChI is InChI=1S/C16H23NO2/c1-10-7-8-15(18)13(9-10)16(19)17-14-6-4-5-11(2)12(14)3/h7-9,11-12,14,18H,4-6H2,1-3H3,(H,17,19). The molecule has 1 amide bonds. The number of rotatable bonds is 2. The minimum Gasteiger partial charge on any atom is -0.507 e. The maximum Gasteiger partial charge on any atom is 0.255 e. The molecule has 3 atom stereocenters. The summed E-state index contributed by atoms with van der Waals surface area (Å²) >= 11 is 0. The fourth-order valence-electron chi connectivity index (χ4n) is 2.86. The minimum atomic E-state index is -0.160. The van der Waals surface area contributed by atoms with Crippen molar-refractivity contribution in [1.82, 2.24) is 5.32 Å². The van der Waals surface area contributed by atoms with Gasteiger partial charge in [0.05, 0.1) is 5.56 Å². The van der Waals surface area contributed by atoms with Crippen LogP contribution in [0.1, 0.15) is 49.0 Å². The van der Waals surface area contributed by atoms with E-state index in [0.29, 0.717) is 17.4 Å². The van der Waals surface area contributed by atoms with Crippen molar-refractivity contribution in [3.63, 3.8) is 0 Å². The second-order valence-corrected chi connectivity index (χ2v) is 5.87. The third kappa shape index (κ3) is 3.09. The van der Waals surface area contributed by atoms with E-state index in [0.717, 1.165) is 18.4 Å². The Morgan fingerprint density at radius 2 is 2.05 bits per heavy atom. The molecule has 1 aromatic rings. The lowest BCUT2D eigenvalue weighted by atomic mass is 9.78. The molecular weight excluding hydrogens is 238 g/mol. The first kappa shape index (κ1) is 13.9. The van der Waals surface area contributed by atoms with Crippen LogP contribution >= 0.6 is 0 Å². The molecule has 0 aromatic heterocycles. The predicted octanol–water partition coefficient (Wildman–Crippen LogP) is 3.26. The fraction of sp³-hybridized carbons (Fsp3) is 0.562. The number of phenolic OH excluding ortho intramolecular Hbond substituents is 1. The Morgan fingerprint density at radius 1 is 1.32 bits per heavy atom. The van der Waals surface area contributed by atoms with Crippen molar-refractivity contribution in [2.75, 3.05) is 0 Å². The quantitative estimate of drug-likeness (QED) is 0.858. The third-order valence-electron chi connectivity index (χ3n) is 4.42. The highest BCUT2D eigenvalue weighted by Gasteiger charge is 2.28. The van der Waals surface area contributed by atoms with E-state index >= 15 is 0 Å². The Balaban J connectivity index is 2.10. The Labute approximate surface area is 115 Å². The number of aryl methyl sites for hydroxylation is 1. The average Bonchev–Trinajstić information content (AvgIpc) is 2.38. The molecule has 3 heteroatoms. The Bertz CT molecular complexity index is 470. The number of nitrogens with one attached hydrogen (secondary N) is 1.